The van der Waals surface area contributed by atoms with Crippen LogP contribution in [0.15, 0.2) is 18.2 Å². The van der Waals surface area contributed by atoms with Gasteiger partial charge in [0.25, 0.3) is 0 Å². The van der Waals surface area contributed by atoms with Crippen molar-refractivity contribution in [2.45, 2.75) is 25.7 Å². The minimum atomic E-state index is -0.852. The summed E-state index contributed by atoms with van der Waals surface area (Å²) in [6.45, 7) is 0.160. The van der Waals surface area contributed by atoms with E-state index in [1.165, 1.54) is 12.1 Å². The number of benzene rings is 1. The predicted molar refractivity (Wildman–Crippen MR) is 61.6 cm³/mol. The van der Waals surface area contributed by atoms with Crippen molar-refractivity contribution in [3.05, 3.63) is 35.4 Å². The van der Waals surface area contributed by atoms with E-state index in [1.54, 1.807) is 0 Å². The van der Waals surface area contributed by atoms with Crippen molar-refractivity contribution in [1.29, 1.82) is 0 Å². The van der Waals surface area contributed by atoms with E-state index in [-0.39, 0.29) is 19.1 Å². The summed E-state index contributed by atoms with van der Waals surface area (Å²) < 4.78 is 25.7. The summed E-state index contributed by atoms with van der Waals surface area (Å²) >= 11 is 0. The fraction of sp³-hybridized carbons (Fsp3) is 0.538. The van der Waals surface area contributed by atoms with Gasteiger partial charge in [0.1, 0.15) is 0 Å². The molecule has 2 N–H and O–H groups in total. The van der Waals surface area contributed by atoms with Crippen LogP contribution in [0.1, 0.15) is 24.8 Å². The molecule has 0 amide bonds. The Labute approximate surface area is 99.9 Å². The molecule has 1 atom stereocenters. The second kappa shape index (κ2) is 7.35. The van der Waals surface area contributed by atoms with Gasteiger partial charge in [0.05, 0.1) is 0 Å². The molecule has 0 saturated heterocycles. The lowest BCUT2D eigenvalue weighted by atomic mass is 9.95. The number of unbranched alkanes of at least 4 members (excludes halogenated alkanes) is 1. The van der Waals surface area contributed by atoms with Gasteiger partial charge in [0, 0.05) is 13.2 Å². The van der Waals surface area contributed by atoms with Crippen LogP contribution in [-0.2, 0) is 6.42 Å². The molecule has 1 aromatic rings. The highest BCUT2D eigenvalue weighted by Gasteiger charge is 2.10. The van der Waals surface area contributed by atoms with E-state index >= 15 is 0 Å². The molecule has 0 bridgehead atoms. The lowest BCUT2D eigenvalue weighted by Gasteiger charge is -2.13. The minimum Gasteiger partial charge on any atom is -0.396 e. The molecule has 0 saturated carbocycles. The van der Waals surface area contributed by atoms with Crippen LogP contribution >= 0.6 is 0 Å². The van der Waals surface area contributed by atoms with Crippen molar-refractivity contribution in [3.8, 4) is 0 Å². The zero-order chi connectivity index (χ0) is 12.7. The monoisotopic (exact) mass is 244 g/mol. The third-order valence-electron chi connectivity index (χ3n) is 2.79. The van der Waals surface area contributed by atoms with Gasteiger partial charge < -0.3 is 10.2 Å². The van der Waals surface area contributed by atoms with Crippen LogP contribution in [0.4, 0.5) is 8.78 Å². The first-order valence-corrected chi connectivity index (χ1v) is 5.83. The molecule has 0 aliphatic heterocycles. The number of halogens is 2. The molecular formula is C13H18F2O2. The highest BCUT2D eigenvalue weighted by Crippen LogP contribution is 2.17. The van der Waals surface area contributed by atoms with Crippen LogP contribution in [0.5, 0.6) is 0 Å². The van der Waals surface area contributed by atoms with Crippen LogP contribution in [0.3, 0.4) is 0 Å². The summed E-state index contributed by atoms with van der Waals surface area (Å²) in [5.74, 6) is -1.67. The van der Waals surface area contributed by atoms with Crippen molar-refractivity contribution >= 4 is 0 Å². The van der Waals surface area contributed by atoms with Crippen molar-refractivity contribution in [2.24, 2.45) is 5.92 Å². The van der Waals surface area contributed by atoms with E-state index in [9.17, 15) is 13.9 Å². The van der Waals surface area contributed by atoms with E-state index < -0.39 is 11.6 Å². The third kappa shape index (κ3) is 4.79. The molecule has 0 spiro atoms. The molecule has 2 nitrogen and oxygen atoms in total. The van der Waals surface area contributed by atoms with Gasteiger partial charge in [-0.2, -0.15) is 0 Å². The van der Waals surface area contributed by atoms with Gasteiger partial charge in [0.15, 0.2) is 11.6 Å². The highest BCUT2D eigenvalue weighted by atomic mass is 19.2. The zero-order valence-corrected chi connectivity index (χ0v) is 9.70. The van der Waals surface area contributed by atoms with Crippen molar-refractivity contribution < 1.29 is 19.0 Å². The molecule has 0 unspecified atom stereocenters. The average molecular weight is 244 g/mol. The molecule has 17 heavy (non-hydrogen) atoms. The van der Waals surface area contributed by atoms with Gasteiger partial charge >= 0.3 is 0 Å². The first-order chi connectivity index (χ1) is 8.17. The third-order valence-corrected chi connectivity index (χ3v) is 2.79. The molecule has 0 heterocycles. The predicted octanol–water partition coefficient (Wildman–Crippen LogP) is 2.28. The Hall–Kier alpha value is -1.00. The summed E-state index contributed by atoms with van der Waals surface area (Å²) in [5, 5.41) is 17.8. The first kappa shape index (κ1) is 14.1. The summed E-state index contributed by atoms with van der Waals surface area (Å²) in [5.41, 5.74) is 0.687. The standard InChI is InChI=1S/C13H18F2O2/c14-12-5-4-10(8-13(12)15)7-11(9-17)3-1-2-6-16/h4-5,8,11,16-17H,1-3,6-7,9H2/t11-/m1/s1. The lowest BCUT2D eigenvalue weighted by Crippen LogP contribution is -2.10. The van der Waals surface area contributed by atoms with Gasteiger partial charge in [-0.3, -0.25) is 0 Å². The van der Waals surface area contributed by atoms with Crippen LogP contribution in [0.2, 0.25) is 0 Å². The van der Waals surface area contributed by atoms with Crippen molar-refractivity contribution in [3.63, 3.8) is 0 Å². The van der Waals surface area contributed by atoms with Gasteiger partial charge in [-0.15, -0.1) is 0 Å². The summed E-state index contributed by atoms with van der Waals surface area (Å²) in [7, 11) is 0. The van der Waals surface area contributed by atoms with Crippen LogP contribution < -0.4 is 0 Å². The Bertz CT molecular complexity index is 342. The van der Waals surface area contributed by atoms with Crippen LogP contribution in [-0.4, -0.2) is 23.4 Å². The fourth-order valence-corrected chi connectivity index (χ4v) is 1.80. The van der Waals surface area contributed by atoms with Crippen LogP contribution in [0, 0.1) is 17.6 Å². The molecule has 96 valence electrons. The summed E-state index contributed by atoms with van der Waals surface area (Å²) in [6, 6.07) is 3.81. The molecule has 1 aromatic carbocycles. The Morgan fingerprint density at radius 1 is 1.06 bits per heavy atom. The zero-order valence-electron chi connectivity index (χ0n) is 9.70. The molecular weight excluding hydrogens is 226 g/mol. The van der Waals surface area contributed by atoms with Gasteiger partial charge in [-0.05, 0) is 42.9 Å². The van der Waals surface area contributed by atoms with E-state index in [1.807, 2.05) is 0 Å². The van der Waals surface area contributed by atoms with Gasteiger partial charge in [0.2, 0.25) is 0 Å². The first-order valence-electron chi connectivity index (χ1n) is 5.83. The summed E-state index contributed by atoms with van der Waals surface area (Å²) in [4.78, 5) is 0. The van der Waals surface area contributed by atoms with E-state index in [0.29, 0.717) is 18.4 Å². The highest BCUT2D eigenvalue weighted by molar-refractivity contribution is 5.18. The molecule has 0 aromatic heterocycles. The second-order valence-electron chi connectivity index (χ2n) is 4.22. The number of aliphatic hydroxyl groups excluding tert-OH is 2. The number of aliphatic hydroxyl groups is 2. The lowest BCUT2D eigenvalue weighted by molar-refractivity contribution is 0.209. The Morgan fingerprint density at radius 3 is 2.41 bits per heavy atom. The Kier molecular flexibility index (Phi) is 6.08. The maximum atomic E-state index is 13.0. The molecule has 0 aliphatic rings. The average Bonchev–Trinajstić information content (AvgIpc) is 2.32. The number of rotatable bonds is 7. The SMILES string of the molecule is OCCCC[C@@H](CO)Cc1ccc(F)c(F)c1. The van der Waals surface area contributed by atoms with E-state index in [4.69, 9.17) is 5.11 Å². The summed E-state index contributed by atoms with van der Waals surface area (Å²) in [6.07, 6.45) is 2.83. The molecule has 0 aliphatic carbocycles. The largest absolute Gasteiger partial charge is 0.396 e. The normalized spacial score (nSPS) is 12.7. The Morgan fingerprint density at radius 2 is 1.82 bits per heavy atom. The smallest absolute Gasteiger partial charge is 0.159 e. The molecule has 0 fully saturated rings. The van der Waals surface area contributed by atoms with Gasteiger partial charge in [-0.1, -0.05) is 12.5 Å². The second-order valence-corrected chi connectivity index (χ2v) is 4.22. The Balaban J connectivity index is 2.51. The van der Waals surface area contributed by atoms with E-state index in [2.05, 4.69) is 0 Å². The number of hydrogen-bond donors (Lipinski definition) is 2. The maximum absolute atomic E-state index is 13.0. The van der Waals surface area contributed by atoms with Crippen LogP contribution in [0.25, 0.3) is 0 Å². The minimum absolute atomic E-state index is 0.0183. The topological polar surface area (TPSA) is 40.5 Å². The van der Waals surface area contributed by atoms with Crippen molar-refractivity contribution in [1.82, 2.24) is 0 Å². The maximum Gasteiger partial charge on any atom is 0.159 e. The quantitative estimate of drug-likeness (QED) is 0.722. The molecule has 4 heteroatoms. The fourth-order valence-electron chi connectivity index (χ4n) is 1.80. The van der Waals surface area contributed by atoms with Gasteiger partial charge in [-0.25, -0.2) is 8.78 Å². The van der Waals surface area contributed by atoms with E-state index in [0.717, 1.165) is 18.9 Å². The number of hydrogen-bond acceptors (Lipinski definition) is 2. The van der Waals surface area contributed by atoms with Crippen molar-refractivity contribution in [2.75, 3.05) is 13.2 Å². The molecule has 1 rings (SSSR count). The molecule has 0 radical (unpaired) electrons.